The van der Waals surface area contributed by atoms with Crippen LogP contribution in [0.4, 0.5) is 0 Å². The van der Waals surface area contributed by atoms with Crippen LogP contribution in [-0.2, 0) is 32.7 Å². The number of hydrogen-bond donors (Lipinski definition) is 6. The average Bonchev–Trinajstić information content (AvgIpc) is 3.35. The Morgan fingerprint density at radius 2 is 0.634 bits per heavy atom. The highest BCUT2D eigenvalue weighted by molar-refractivity contribution is 7.47. The third kappa shape index (κ3) is 39.0. The molecule has 0 bridgehead atoms. The van der Waals surface area contributed by atoms with Gasteiger partial charge in [-0.15, -0.1) is 0 Å². The van der Waals surface area contributed by atoms with E-state index in [9.17, 15) is 44.6 Å². The van der Waals surface area contributed by atoms with E-state index < -0.39 is 75.7 Å². The second-order valence-electron chi connectivity index (χ2n) is 21.2. The number of unbranched alkanes of at least 4 members (excludes halogenated alkanes) is 40. The SMILES string of the molecule is CCCCCCCCCCCCCCCCCCCCCCCCC(=O)OC(COC(=O)CCCCCCCCCCCCCCCCCCCCCC)COP(=O)(O)OC1C(O)C(O)C(O)C(O)C1O. The zero-order valence-corrected chi connectivity index (χ0v) is 46.5. The highest BCUT2D eigenvalue weighted by Crippen LogP contribution is 2.47. The number of phosphoric ester groups is 1. The normalized spacial score (nSPS) is 20.5. The largest absolute Gasteiger partial charge is 0.472 e. The van der Waals surface area contributed by atoms with Gasteiger partial charge in [0.15, 0.2) is 6.10 Å². The van der Waals surface area contributed by atoms with E-state index in [1.54, 1.807) is 0 Å². The molecule has 0 aromatic rings. The van der Waals surface area contributed by atoms with Gasteiger partial charge in [0, 0.05) is 12.8 Å². The molecule has 0 aromatic heterocycles. The zero-order chi connectivity index (χ0) is 52.1. The van der Waals surface area contributed by atoms with Gasteiger partial charge in [-0.25, -0.2) is 4.57 Å². The molecule has 0 aliphatic heterocycles. The fraction of sp³-hybridized carbons (Fsp3) is 0.965. The Kier molecular flexibility index (Phi) is 45.2. The molecule has 0 radical (unpaired) electrons. The first kappa shape index (κ1) is 67.9. The van der Waals surface area contributed by atoms with Crippen LogP contribution in [0.3, 0.4) is 0 Å². The molecule has 1 fully saturated rings. The van der Waals surface area contributed by atoms with Crippen LogP contribution >= 0.6 is 7.82 Å². The summed E-state index contributed by atoms with van der Waals surface area (Å²) in [5, 5.41) is 50.4. The van der Waals surface area contributed by atoms with Crippen molar-refractivity contribution in [3.63, 3.8) is 0 Å². The summed E-state index contributed by atoms with van der Waals surface area (Å²) in [7, 11) is -5.12. The standard InChI is InChI=1S/C57H111O13P/c1-3-5-7-9-11-13-15-17-19-21-23-25-26-28-30-32-34-36-38-40-42-44-46-51(59)69-49(48-68-71(65,66)70-57-55(63)53(61)52(60)54(62)56(57)64)47-67-50(58)45-43-41-39-37-35-33-31-29-27-24-22-20-18-16-14-12-10-8-6-4-2/h49,52-57,60-64H,3-48H2,1-2H3,(H,65,66). The van der Waals surface area contributed by atoms with Crippen molar-refractivity contribution in [3.05, 3.63) is 0 Å². The minimum Gasteiger partial charge on any atom is -0.462 e. The lowest BCUT2D eigenvalue weighted by atomic mass is 9.85. The fourth-order valence-corrected chi connectivity index (χ4v) is 10.7. The molecule has 0 heterocycles. The maximum absolute atomic E-state index is 12.9. The van der Waals surface area contributed by atoms with Crippen molar-refractivity contribution in [2.45, 2.75) is 339 Å². The Morgan fingerprint density at radius 3 is 0.930 bits per heavy atom. The van der Waals surface area contributed by atoms with Crippen molar-refractivity contribution in [2.24, 2.45) is 0 Å². The Bertz CT molecular complexity index is 1240. The molecule has 6 atom stereocenters. The molecule has 71 heavy (non-hydrogen) atoms. The van der Waals surface area contributed by atoms with Gasteiger partial charge >= 0.3 is 19.8 Å². The second kappa shape index (κ2) is 47.3. The highest BCUT2D eigenvalue weighted by atomic mass is 31.2. The number of rotatable bonds is 52. The fourth-order valence-electron chi connectivity index (χ4n) is 9.70. The van der Waals surface area contributed by atoms with Crippen LogP contribution in [0.2, 0.25) is 0 Å². The number of aliphatic hydroxyl groups is 5. The number of carbonyl (C=O) groups excluding carboxylic acids is 2. The molecule has 0 amide bonds. The van der Waals surface area contributed by atoms with Gasteiger partial charge in [-0.3, -0.25) is 18.6 Å². The Hall–Kier alpha value is -1.15. The van der Waals surface area contributed by atoms with Crippen LogP contribution in [-0.4, -0.2) is 98.3 Å². The summed E-state index contributed by atoms with van der Waals surface area (Å²) < 4.78 is 33.8. The van der Waals surface area contributed by atoms with Gasteiger partial charge in [0.25, 0.3) is 0 Å². The van der Waals surface area contributed by atoms with E-state index in [1.807, 2.05) is 0 Å². The zero-order valence-electron chi connectivity index (χ0n) is 45.6. The van der Waals surface area contributed by atoms with Gasteiger partial charge in [0.1, 0.15) is 43.2 Å². The van der Waals surface area contributed by atoms with Crippen molar-refractivity contribution in [2.75, 3.05) is 13.2 Å². The Morgan fingerprint density at radius 1 is 0.380 bits per heavy atom. The smallest absolute Gasteiger partial charge is 0.462 e. The lowest BCUT2D eigenvalue weighted by Crippen LogP contribution is -2.64. The molecule has 0 saturated heterocycles. The first-order valence-electron chi connectivity index (χ1n) is 29.8. The van der Waals surface area contributed by atoms with Crippen LogP contribution in [0.15, 0.2) is 0 Å². The van der Waals surface area contributed by atoms with Gasteiger partial charge < -0.3 is 39.9 Å². The molecule has 1 aliphatic rings. The maximum Gasteiger partial charge on any atom is 0.472 e. The molecule has 14 heteroatoms. The van der Waals surface area contributed by atoms with E-state index in [2.05, 4.69) is 13.8 Å². The van der Waals surface area contributed by atoms with E-state index in [1.165, 1.54) is 218 Å². The van der Waals surface area contributed by atoms with E-state index in [-0.39, 0.29) is 12.8 Å². The molecular formula is C57H111O13P. The Labute approximate surface area is 433 Å². The van der Waals surface area contributed by atoms with Crippen molar-refractivity contribution in [1.82, 2.24) is 0 Å². The number of aliphatic hydroxyl groups excluding tert-OH is 5. The van der Waals surface area contributed by atoms with Gasteiger partial charge in [0.05, 0.1) is 6.61 Å². The van der Waals surface area contributed by atoms with Crippen molar-refractivity contribution in [3.8, 4) is 0 Å². The average molecular weight is 1040 g/mol. The minimum atomic E-state index is -5.12. The third-order valence-electron chi connectivity index (χ3n) is 14.4. The monoisotopic (exact) mass is 1030 g/mol. The second-order valence-corrected chi connectivity index (χ2v) is 22.6. The quantitative estimate of drug-likeness (QED) is 0.0191. The van der Waals surface area contributed by atoms with Gasteiger partial charge in [-0.05, 0) is 12.8 Å². The molecule has 6 unspecified atom stereocenters. The highest BCUT2D eigenvalue weighted by Gasteiger charge is 2.51. The van der Waals surface area contributed by atoms with E-state index in [0.29, 0.717) is 12.8 Å². The first-order valence-corrected chi connectivity index (χ1v) is 31.3. The lowest BCUT2D eigenvalue weighted by molar-refractivity contribution is -0.220. The van der Waals surface area contributed by atoms with Crippen molar-refractivity contribution >= 4 is 19.8 Å². The molecule has 1 rings (SSSR count). The van der Waals surface area contributed by atoms with E-state index in [4.69, 9.17) is 18.5 Å². The van der Waals surface area contributed by atoms with Crippen LogP contribution in [0, 0.1) is 0 Å². The molecule has 0 spiro atoms. The van der Waals surface area contributed by atoms with Crippen LogP contribution < -0.4 is 0 Å². The van der Waals surface area contributed by atoms with Crippen LogP contribution in [0.1, 0.15) is 296 Å². The number of hydrogen-bond acceptors (Lipinski definition) is 12. The summed E-state index contributed by atoms with van der Waals surface area (Å²) >= 11 is 0. The predicted octanol–water partition coefficient (Wildman–Crippen LogP) is 14.0. The molecule has 0 aromatic carbocycles. The molecule has 6 N–H and O–H groups in total. The topological polar surface area (TPSA) is 210 Å². The summed E-state index contributed by atoms with van der Waals surface area (Å²) in [6.07, 6.45) is 40.1. The summed E-state index contributed by atoms with van der Waals surface area (Å²) in [4.78, 5) is 36.0. The van der Waals surface area contributed by atoms with Gasteiger partial charge in [-0.1, -0.05) is 271 Å². The Balaban J connectivity index is 2.30. The van der Waals surface area contributed by atoms with Crippen molar-refractivity contribution < 1.29 is 63.1 Å². The maximum atomic E-state index is 12.9. The molecular weight excluding hydrogens is 924 g/mol. The lowest BCUT2D eigenvalue weighted by Gasteiger charge is -2.41. The summed E-state index contributed by atoms with van der Waals surface area (Å²) in [5.41, 5.74) is 0. The number of carbonyl (C=O) groups is 2. The van der Waals surface area contributed by atoms with Crippen molar-refractivity contribution in [1.29, 1.82) is 0 Å². The summed E-state index contributed by atoms with van der Waals surface area (Å²) in [6.45, 7) is 3.38. The number of ether oxygens (including phenoxy) is 2. The molecule has 13 nitrogen and oxygen atoms in total. The van der Waals surface area contributed by atoms with E-state index in [0.717, 1.165) is 38.5 Å². The molecule has 1 saturated carbocycles. The summed E-state index contributed by atoms with van der Waals surface area (Å²) in [6, 6.07) is 0. The predicted molar refractivity (Wildman–Crippen MR) is 286 cm³/mol. The minimum absolute atomic E-state index is 0.106. The molecule has 422 valence electrons. The third-order valence-corrected chi connectivity index (χ3v) is 15.4. The molecule has 1 aliphatic carbocycles. The van der Waals surface area contributed by atoms with Gasteiger partial charge in [-0.2, -0.15) is 0 Å². The van der Waals surface area contributed by atoms with E-state index >= 15 is 0 Å². The van der Waals surface area contributed by atoms with Crippen LogP contribution in [0.5, 0.6) is 0 Å². The summed E-state index contributed by atoms with van der Waals surface area (Å²) in [5.74, 6) is -1.07. The van der Waals surface area contributed by atoms with Crippen LogP contribution in [0.25, 0.3) is 0 Å². The first-order chi connectivity index (χ1) is 34.4. The number of esters is 2. The van der Waals surface area contributed by atoms with Gasteiger partial charge in [0.2, 0.25) is 0 Å². The number of phosphoric acid groups is 1.